The normalized spacial score (nSPS) is 10.2. The Labute approximate surface area is 141 Å². The average Bonchev–Trinajstić information content (AvgIpc) is 2.50. The summed E-state index contributed by atoms with van der Waals surface area (Å²) < 4.78 is 22.8. The second-order valence-electron chi connectivity index (χ2n) is 4.45. The van der Waals surface area contributed by atoms with Gasteiger partial charge in [-0.1, -0.05) is 29.3 Å². The van der Waals surface area contributed by atoms with Crippen molar-refractivity contribution in [2.75, 3.05) is 13.2 Å². The smallest absolute Gasteiger partial charge is 0.344 e. The molecule has 0 aliphatic carbocycles. The standard InChI is InChI=1S/C16H11Cl2FO4/c17-10-4-5-13(14(18)6-10)15(20)8-23-16(21)9-22-12-3-1-2-11(19)7-12/h1-7H,8-9H2. The summed E-state index contributed by atoms with van der Waals surface area (Å²) in [4.78, 5) is 23.4. The van der Waals surface area contributed by atoms with Gasteiger partial charge in [0.25, 0.3) is 0 Å². The predicted molar refractivity (Wildman–Crippen MR) is 83.6 cm³/mol. The summed E-state index contributed by atoms with van der Waals surface area (Å²) in [6, 6.07) is 9.70. The molecule has 0 amide bonds. The molecular formula is C16H11Cl2FO4. The van der Waals surface area contributed by atoms with Crippen molar-refractivity contribution in [3.63, 3.8) is 0 Å². The van der Waals surface area contributed by atoms with Crippen LogP contribution in [0, 0.1) is 5.82 Å². The molecule has 0 N–H and O–H groups in total. The van der Waals surface area contributed by atoms with Crippen molar-refractivity contribution >= 4 is 35.0 Å². The van der Waals surface area contributed by atoms with Crippen LogP contribution in [0.5, 0.6) is 5.75 Å². The van der Waals surface area contributed by atoms with E-state index in [0.29, 0.717) is 5.02 Å². The number of halogens is 3. The molecule has 0 aliphatic rings. The average molecular weight is 357 g/mol. The molecule has 23 heavy (non-hydrogen) atoms. The van der Waals surface area contributed by atoms with Crippen LogP contribution < -0.4 is 4.74 Å². The topological polar surface area (TPSA) is 52.6 Å². The number of esters is 1. The van der Waals surface area contributed by atoms with Crippen LogP contribution in [0.4, 0.5) is 4.39 Å². The third kappa shape index (κ3) is 5.23. The van der Waals surface area contributed by atoms with Crippen molar-refractivity contribution in [2.24, 2.45) is 0 Å². The summed E-state index contributed by atoms with van der Waals surface area (Å²) in [5.41, 5.74) is 0.204. The Balaban J connectivity index is 1.83. The van der Waals surface area contributed by atoms with E-state index in [2.05, 4.69) is 0 Å². The molecule has 0 saturated carbocycles. The summed E-state index contributed by atoms with van der Waals surface area (Å²) >= 11 is 11.6. The summed E-state index contributed by atoms with van der Waals surface area (Å²) in [6.07, 6.45) is 0. The molecule has 0 heterocycles. The Kier molecular flexibility index (Phi) is 5.96. The maximum Gasteiger partial charge on any atom is 0.344 e. The third-order valence-corrected chi connectivity index (χ3v) is 3.30. The van der Waals surface area contributed by atoms with Gasteiger partial charge in [-0.2, -0.15) is 0 Å². The van der Waals surface area contributed by atoms with E-state index >= 15 is 0 Å². The van der Waals surface area contributed by atoms with Crippen LogP contribution in [0.15, 0.2) is 42.5 Å². The number of hydrogen-bond acceptors (Lipinski definition) is 4. The van der Waals surface area contributed by atoms with Gasteiger partial charge < -0.3 is 9.47 Å². The molecule has 0 aromatic heterocycles. The quantitative estimate of drug-likeness (QED) is 0.581. The van der Waals surface area contributed by atoms with Gasteiger partial charge >= 0.3 is 5.97 Å². The third-order valence-electron chi connectivity index (χ3n) is 2.75. The molecule has 4 nitrogen and oxygen atoms in total. The van der Waals surface area contributed by atoms with Gasteiger partial charge in [0.15, 0.2) is 13.2 Å². The van der Waals surface area contributed by atoms with Crippen LogP contribution in [0.2, 0.25) is 10.0 Å². The number of ether oxygens (including phenoxy) is 2. The van der Waals surface area contributed by atoms with Crippen molar-refractivity contribution in [1.82, 2.24) is 0 Å². The first kappa shape index (κ1) is 17.2. The van der Waals surface area contributed by atoms with Crippen LogP contribution in [0.25, 0.3) is 0 Å². The maximum absolute atomic E-state index is 12.9. The molecule has 0 saturated heterocycles. The molecule has 2 aromatic carbocycles. The molecule has 0 atom stereocenters. The predicted octanol–water partition coefficient (Wildman–Crippen LogP) is 3.94. The lowest BCUT2D eigenvalue weighted by molar-refractivity contribution is -0.144. The molecule has 0 unspecified atom stereocenters. The molecular weight excluding hydrogens is 346 g/mol. The molecule has 2 rings (SSSR count). The molecule has 2 aromatic rings. The Morgan fingerprint density at radius 2 is 1.83 bits per heavy atom. The lowest BCUT2D eigenvalue weighted by Gasteiger charge is -2.07. The first-order valence-corrected chi connectivity index (χ1v) is 7.23. The number of hydrogen-bond donors (Lipinski definition) is 0. The highest BCUT2D eigenvalue weighted by Gasteiger charge is 2.14. The second-order valence-corrected chi connectivity index (χ2v) is 5.30. The minimum atomic E-state index is -0.757. The molecule has 0 spiro atoms. The molecule has 0 fully saturated rings. The summed E-state index contributed by atoms with van der Waals surface area (Å²) in [5, 5.41) is 0.571. The summed E-state index contributed by atoms with van der Waals surface area (Å²) in [6.45, 7) is -0.919. The molecule has 0 aliphatic heterocycles. The van der Waals surface area contributed by atoms with Gasteiger partial charge in [0.2, 0.25) is 5.78 Å². The fourth-order valence-corrected chi connectivity index (χ4v) is 2.19. The fraction of sp³-hybridized carbons (Fsp3) is 0.125. The highest BCUT2D eigenvalue weighted by molar-refractivity contribution is 6.36. The Hall–Kier alpha value is -2.11. The van der Waals surface area contributed by atoms with Crippen molar-refractivity contribution in [1.29, 1.82) is 0 Å². The Morgan fingerprint density at radius 3 is 2.52 bits per heavy atom. The number of Topliss-reactive ketones (excluding diaryl/α,β-unsaturated/α-hetero) is 1. The summed E-state index contributed by atoms with van der Waals surface area (Å²) in [7, 11) is 0. The van der Waals surface area contributed by atoms with Gasteiger partial charge in [0, 0.05) is 16.7 Å². The maximum atomic E-state index is 12.9. The minimum absolute atomic E-state index is 0.176. The lowest BCUT2D eigenvalue weighted by Crippen LogP contribution is -2.19. The largest absolute Gasteiger partial charge is 0.482 e. The zero-order valence-corrected chi connectivity index (χ0v) is 13.2. The van der Waals surface area contributed by atoms with Crippen LogP contribution >= 0.6 is 23.2 Å². The van der Waals surface area contributed by atoms with Gasteiger partial charge in [-0.05, 0) is 30.3 Å². The first-order valence-electron chi connectivity index (χ1n) is 6.48. The highest BCUT2D eigenvalue weighted by atomic mass is 35.5. The van der Waals surface area contributed by atoms with Crippen LogP contribution in [0.3, 0.4) is 0 Å². The van der Waals surface area contributed by atoms with Gasteiger partial charge in [-0.25, -0.2) is 9.18 Å². The van der Waals surface area contributed by atoms with Crippen molar-refractivity contribution < 1.29 is 23.5 Å². The Bertz CT molecular complexity index is 734. The van der Waals surface area contributed by atoms with E-state index in [-0.39, 0.29) is 16.3 Å². The number of ketones is 1. The molecule has 7 heteroatoms. The van der Waals surface area contributed by atoms with Crippen LogP contribution in [0.1, 0.15) is 10.4 Å². The minimum Gasteiger partial charge on any atom is -0.482 e. The Morgan fingerprint density at radius 1 is 1.04 bits per heavy atom. The summed E-state index contributed by atoms with van der Waals surface area (Å²) in [5.74, 6) is -1.52. The van der Waals surface area contributed by atoms with E-state index in [4.69, 9.17) is 32.7 Å². The number of rotatable bonds is 6. The first-order chi connectivity index (χ1) is 11.0. The lowest BCUT2D eigenvalue weighted by atomic mass is 10.1. The van der Waals surface area contributed by atoms with Crippen LogP contribution in [-0.2, 0) is 9.53 Å². The fourth-order valence-electron chi connectivity index (χ4n) is 1.68. The van der Waals surface area contributed by atoms with Crippen molar-refractivity contribution in [2.45, 2.75) is 0 Å². The SMILES string of the molecule is O=C(COc1cccc(F)c1)OCC(=O)c1ccc(Cl)cc1Cl. The zero-order valence-electron chi connectivity index (χ0n) is 11.7. The zero-order chi connectivity index (χ0) is 16.8. The molecule has 0 bridgehead atoms. The second kappa shape index (κ2) is 7.94. The van der Waals surface area contributed by atoms with Gasteiger partial charge in [0.1, 0.15) is 11.6 Å². The number of carbonyl (C=O) groups excluding carboxylic acids is 2. The van der Waals surface area contributed by atoms with Gasteiger partial charge in [-0.3, -0.25) is 4.79 Å². The van der Waals surface area contributed by atoms with Gasteiger partial charge in [-0.15, -0.1) is 0 Å². The van der Waals surface area contributed by atoms with E-state index < -0.39 is 30.8 Å². The molecule has 120 valence electrons. The number of benzene rings is 2. The van der Waals surface area contributed by atoms with E-state index in [1.165, 1.54) is 36.4 Å². The van der Waals surface area contributed by atoms with E-state index in [1.807, 2.05) is 0 Å². The van der Waals surface area contributed by atoms with Gasteiger partial charge in [0.05, 0.1) is 5.02 Å². The van der Waals surface area contributed by atoms with E-state index in [1.54, 1.807) is 0 Å². The monoisotopic (exact) mass is 356 g/mol. The molecule has 0 radical (unpaired) electrons. The van der Waals surface area contributed by atoms with Crippen molar-refractivity contribution in [3.05, 3.63) is 63.9 Å². The van der Waals surface area contributed by atoms with Crippen molar-refractivity contribution in [3.8, 4) is 5.75 Å². The highest BCUT2D eigenvalue weighted by Crippen LogP contribution is 2.21. The van der Waals surface area contributed by atoms with Crippen LogP contribution in [-0.4, -0.2) is 25.0 Å². The number of carbonyl (C=O) groups is 2. The van der Waals surface area contributed by atoms with E-state index in [0.717, 1.165) is 6.07 Å². The van der Waals surface area contributed by atoms with E-state index in [9.17, 15) is 14.0 Å².